The Morgan fingerprint density at radius 2 is 1.76 bits per heavy atom. The molecule has 0 aromatic heterocycles. The third-order valence-electron chi connectivity index (χ3n) is 2.62. The Morgan fingerprint density at radius 1 is 1.00 bits per heavy atom. The lowest BCUT2D eigenvalue weighted by molar-refractivity contribution is -0.107. The third kappa shape index (κ3) is 2.57. The molecule has 2 aromatic rings. The van der Waals surface area contributed by atoms with E-state index in [1.165, 1.54) is 0 Å². The van der Waals surface area contributed by atoms with Crippen LogP contribution < -0.4 is 0 Å². The van der Waals surface area contributed by atoms with E-state index in [4.69, 9.17) is 34.8 Å². The third-order valence-corrected chi connectivity index (χ3v) is 3.50. The minimum absolute atomic E-state index is 0.444. The lowest BCUT2D eigenvalue weighted by Gasteiger charge is -2.10. The average molecular weight is 288 g/mol. The Labute approximate surface area is 114 Å². The van der Waals surface area contributed by atoms with Crippen molar-refractivity contribution in [3.63, 3.8) is 0 Å². The molecule has 0 N–H and O–H groups in total. The molecule has 2 rings (SSSR count). The van der Waals surface area contributed by atoms with Gasteiger partial charge >= 0.3 is 0 Å². The van der Waals surface area contributed by atoms with Gasteiger partial charge in [-0.3, -0.25) is 0 Å². The molecule has 0 aliphatic heterocycles. The topological polar surface area (TPSA) is 17.1 Å². The number of aryl methyl sites for hydroxylation is 1. The summed E-state index contributed by atoms with van der Waals surface area (Å²) in [7, 11) is 0. The molecular weight excluding hydrogens is 279 g/mol. The van der Waals surface area contributed by atoms with Crippen LogP contribution in [0.5, 0.6) is 0 Å². The number of benzene rings is 2. The van der Waals surface area contributed by atoms with Crippen LogP contribution in [0.2, 0.25) is 15.1 Å². The first-order chi connectivity index (χ1) is 8.13. The largest absolute Gasteiger partial charge is 0.303 e. The molecule has 0 bridgehead atoms. The fourth-order valence-electron chi connectivity index (χ4n) is 1.84. The number of hydrogen-bond acceptors (Lipinski definition) is 1. The van der Waals surface area contributed by atoms with Crippen LogP contribution >= 0.6 is 34.8 Å². The van der Waals surface area contributed by atoms with Gasteiger partial charge in [0.25, 0.3) is 0 Å². The Kier molecular flexibility index (Phi) is 3.93. The second-order valence-electron chi connectivity index (χ2n) is 3.71. The van der Waals surface area contributed by atoms with Gasteiger partial charge in [0.2, 0.25) is 0 Å². The molecule has 0 spiro atoms. The van der Waals surface area contributed by atoms with Crippen molar-refractivity contribution in [1.82, 2.24) is 0 Å². The van der Waals surface area contributed by atoms with E-state index < -0.39 is 0 Å². The van der Waals surface area contributed by atoms with E-state index in [9.17, 15) is 4.79 Å². The Balaban J connectivity index is 2.69. The van der Waals surface area contributed by atoms with Gasteiger partial charge in [-0.25, -0.2) is 0 Å². The highest BCUT2D eigenvalue weighted by molar-refractivity contribution is 6.40. The number of carbonyl (C=O) groups excluding carboxylic acids is 1. The summed E-state index contributed by atoms with van der Waals surface area (Å²) in [4.78, 5) is 10.5. The highest BCUT2D eigenvalue weighted by atomic mass is 35.5. The predicted molar refractivity (Wildman–Crippen MR) is 73.4 cm³/mol. The molecule has 88 valence electrons. The Morgan fingerprint density at radius 3 is 2.47 bits per heavy atom. The van der Waals surface area contributed by atoms with Crippen LogP contribution in [0.3, 0.4) is 0 Å². The zero-order valence-electron chi connectivity index (χ0n) is 8.84. The van der Waals surface area contributed by atoms with E-state index in [1.807, 2.05) is 6.07 Å². The normalized spacial score (nSPS) is 10.8. The molecule has 4 heteroatoms. The van der Waals surface area contributed by atoms with Crippen LogP contribution in [-0.2, 0) is 11.2 Å². The van der Waals surface area contributed by atoms with Crippen LogP contribution in [0.4, 0.5) is 0 Å². The Hall–Kier alpha value is -0.760. The minimum atomic E-state index is 0.444. The Bertz CT molecular complexity index is 578. The zero-order chi connectivity index (χ0) is 12.4. The summed E-state index contributed by atoms with van der Waals surface area (Å²) in [6, 6.07) is 7.18. The average Bonchev–Trinajstić information content (AvgIpc) is 2.29. The van der Waals surface area contributed by atoms with E-state index in [0.29, 0.717) is 27.9 Å². The van der Waals surface area contributed by atoms with E-state index in [1.54, 1.807) is 18.2 Å². The highest BCUT2D eigenvalue weighted by Gasteiger charge is 2.10. The van der Waals surface area contributed by atoms with Gasteiger partial charge in [0.15, 0.2) is 0 Å². The number of halogens is 3. The van der Waals surface area contributed by atoms with Gasteiger partial charge in [0.05, 0.1) is 0 Å². The summed E-state index contributed by atoms with van der Waals surface area (Å²) in [5.41, 5.74) is 0.940. The first kappa shape index (κ1) is 12.7. The predicted octanol–water partition coefficient (Wildman–Crippen LogP) is 4.93. The fourth-order valence-corrected chi connectivity index (χ4v) is 2.64. The molecule has 0 atom stereocenters. The van der Waals surface area contributed by atoms with Gasteiger partial charge in [0, 0.05) is 26.9 Å². The molecule has 1 nitrogen and oxygen atoms in total. The van der Waals surface area contributed by atoms with Crippen LogP contribution in [0.25, 0.3) is 10.8 Å². The van der Waals surface area contributed by atoms with Crippen molar-refractivity contribution in [2.75, 3.05) is 0 Å². The van der Waals surface area contributed by atoms with Crippen molar-refractivity contribution in [2.24, 2.45) is 0 Å². The molecular formula is C13H9Cl3O. The van der Waals surface area contributed by atoms with Crippen molar-refractivity contribution in [2.45, 2.75) is 12.8 Å². The number of aldehydes is 1. The summed E-state index contributed by atoms with van der Waals surface area (Å²) in [6.07, 6.45) is 1.93. The maximum absolute atomic E-state index is 10.5. The maximum atomic E-state index is 10.5. The first-order valence-corrected chi connectivity index (χ1v) is 6.26. The molecule has 0 fully saturated rings. The van der Waals surface area contributed by atoms with E-state index >= 15 is 0 Å². The molecule has 0 heterocycles. The molecule has 0 saturated carbocycles. The lowest BCUT2D eigenvalue weighted by atomic mass is 10.0. The van der Waals surface area contributed by atoms with Crippen molar-refractivity contribution in [1.29, 1.82) is 0 Å². The van der Waals surface area contributed by atoms with Gasteiger partial charge in [-0.1, -0.05) is 40.9 Å². The smallest absolute Gasteiger partial charge is 0.120 e. The number of rotatable bonds is 3. The summed E-state index contributed by atoms with van der Waals surface area (Å²) >= 11 is 18.2. The molecule has 0 aliphatic carbocycles. The highest BCUT2D eigenvalue weighted by Crippen LogP contribution is 2.34. The van der Waals surface area contributed by atoms with Gasteiger partial charge in [-0.15, -0.1) is 0 Å². The molecule has 0 radical (unpaired) electrons. The quantitative estimate of drug-likeness (QED) is 0.731. The van der Waals surface area contributed by atoms with E-state index in [-0.39, 0.29) is 0 Å². The maximum Gasteiger partial charge on any atom is 0.120 e. The van der Waals surface area contributed by atoms with E-state index in [0.717, 1.165) is 22.6 Å². The van der Waals surface area contributed by atoms with Crippen LogP contribution in [0, 0.1) is 0 Å². The summed E-state index contributed by atoms with van der Waals surface area (Å²) in [5.74, 6) is 0. The second kappa shape index (κ2) is 5.26. The van der Waals surface area contributed by atoms with Gasteiger partial charge in [-0.2, -0.15) is 0 Å². The van der Waals surface area contributed by atoms with Crippen LogP contribution in [-0.4, -0.2) is 6.29 Å². The number of fused-ring (bicyclic) bond motifs is 1. The van der Waals surface area contributed by atoms with Gasteiger partial charge < -0.3 is 4.79 Å². The number of carbonyl (C=O) groups is 1. The van der Waals surface area contributed by atoms with Crippen molar-refractivity contribution < 1.29 is 4.79 Å². The summed E-state index contributed by atoms with van der Waals surface area (Å²) < 4.78 is 0. The molecule has 0 aliphatic rings. The van der Waals surface area contributed by atoms with Crippen molar-refractivity contribution in [3.8, 4) is 0 Å². The number of hydrogen-bond donors (Lipinski definition) is 0. The monoisotopic (exact) mass is 286 g/mol. The fraction of sp³-hybridized carbons (Fsp3) is 0.154. The SMILES string of the molecule is O=CCCc1c(Cl)cc(Cl)c2cc(Cl)ccc12. The van der Waals surface area contributed by atoms with Crippen molar-refractivity contribution in [3.05, 3.63) is 44.9 Å². The van der Waals surface area contributed by atoms with Gasteiger partial charge in [0.1, 0.15) is 6.29 Å². The van der Waals surface area contributed by atoms with Crippen LogP contribution in [0.1, 0.15) is 12.0 Å². The first-order valence-electron chi connectivity index (χ1n) is 5.13. The molecule has 0 unspecified atom stereocenters. The minimum Gasteiger partial charge on any atom is -0.303 e. The molecule has 0 saturated heterocycles. The van der Waals surface area contributed by atoms with E-state index in [2.05, 4.69) is 0 Å². The lowest BCUT2D eigenvalue weighted by Crippen LogP contribution is -1.91. The zero-order valence-corrected chi connectivity index (χ0v) is 11.1. The van der Waals surface area contributed by atoms with Gasteiger partial charge in [-0.05, 0) is 35.6 Å². The molecule has 2 aromatic carbocycles. The second-order valence-corrected chi connectivity index (χ2v) is 4.96. The summed E-state index contributed by atoms with van der Waals surface area (Å²) in [6.45, 7) is 0. The van der Waals surface area contributed by atoms with Crippen molar-refractivity contribution >= 4 is 51.9 Å². The summed E-state index contributed by atoms with van der Waals surface area (Å²) in [5, 5.41) is 3.61. The molecule has 17 heavy (non-hydrogen) atoms. The van der Waals surface area contributed by atoms with Crippen LogP contribution in [0.15, 0.2) is 24.3 Å². The molecule has 0 amide bonds. The standard InChI is InChI=1S/C13H9Cl3O/c14-8-3-4-9-10(2-1-5-17)12(15)7-13(16)11(9)6-8/h3-7H,1-2H2.